The maximum absolute atomic E-state index is 14.2. The Morgan fingerprint density at radius 3 is 2.15 bits per heavy atom. The van der Waals surface area contributed by atoms with E-state index in [0.717, 1.165) is 63.8 Å². The van der Waals surface area contributed by atoms with Gasteiger partial charge in [0.05, 0.1) is 11.9 Å². The number of amides is 2. The van der Waals surface area contributed by atoms with Gasteiger partial charge >= 0.3 is 0 Å². The van der Waals surface area contributed by atoms with Crippen molar-refractivity contribution in [3.05, 3.63) is 100 Å². The second kappa shape index (κ2) is 14.1. The average molecular weight is 641 g/mol. The van der Waals surface area contributed by atoms with Crippen molar-refractivity contribution in [2.24, 2.45) is 0 Å². The van der Waals surface area contributed by atoms with Crippen molar-refractivity contribution in [2.75, 3.05) is 17.1 Å². The van der Waals surface area contributed by atoms with Crippen molar-refractivity contribution in [1.82, 2.24) is 10.2 Å². The Morgan fingerprint density at radius 1 is 0.902 bits per heavy atom. The molecule has 1 aliphatic rings. The molecule has 0 spiro atoms. The van der Waals surface area contributed by atoms with E-state index >= 15 is 0 Å². The van der Waals surface area contributed by atoms with Crippen LogP contribution in [0.1, 0.15) is 48.8 Å². The highest BCUT2D eigenvalue weighted by Gasteiger charge is 2.34. The third-order valence-corrected chi connectivity index (χ3v) is 9.16. The van der Waals surface area contributed by atoms with Gasteiger partial charge in [-0.15, -0.1) is 0 Å². The molecular weight excluding hydrogens is 602 g/mol. The van der Waals surface area contributed by atoms with Gasteiger partial charge in [0.15, 0.2) is 0 Å². The molecule has 2 amide bonds. The van der Waals surface area contributed by atoms with Gasteiger partial charge in [-0.1, -0.05) is 95.4 Å². The molecule has 218 valence electrons. The summed E-state index contributed by atoms with van der Waals surface area (Å²) in [6, 6.07) is 23.5. The highest BCUT2D eigenvalue weighted by molar-refractivity contribution is 9.10. The van der Waals surface area contributed by atoms with Crippen molar-refractivity contribution >= 4 is 43.5 Å². The van der Waals surface area contributed by atoms with E-state index < -0.39 is 28.5 Å². The minimum atomic E-state index is -3.79. The van der Waals surface area contributed by atoms with Crippen LogP contribution in [0.3, 0.4) is 0 Å². The third-order valence-electron chi connectivity index (χ3n) is 7.49. The first-order valence-electron chi connectivity index (χ1n) is 14.0. The molecule has 0 aromatic heterocycles. The van der Waals surface area contributed by atoms with Gasteiger partial charge in [-0.2, -0.15) is 0 Å². The van der Waals surface area contributed by atoms with Gasteiger partial charge in [-0.05, 0) is 55.2 Å². The first-order chi connectivity index (χ1) is 19.6. The van der Waals surface area contributed by atoms with Gasteiger partial charge < -0.3 is 10.2 Å². The van der Waals surface area contributed by atoms with Crippen molar-refractivity contribution in [3.8, 4) is 0 Å². The summed E-state index contributed by atoms with van der Waals surface area (Å²) in [7, 11) is -3.79. The zero-order valence-electron chi connectivity index (χ0n) is 23.6. The van der Waals surface area contributed by atoms with Crippen LogP contribution in [-0.4, -0.2) is 50.0 Å². The van der Waals surface area contributed by atoms with Crippen LogP contribution < -0.4 is 9.62 Å². The van der Waals surface area contributed by atoms with Crippen LogP contribution >= 0.6 is 15.9 Å². The van der Waals surface area contributed by atoms with Gasteiger partial charge in [0.1, 0.15) is 12.6 Å². The molecule has 4 rings (SSSR count). The Hall–Kier alpha value is -3.17. The van der Waals surface area contributed by atoms with Crippen LogP contribution in [0.15, 0.2) is 83.3 Å². The molecular formula is C32H38BrN3O4S. The normalized spacial score (nSPS) is 14.7. The van der Waals surface area contributed by atoms with Crippen LogP contribution in [0.2, 0.25) is 0 Å². The van der Waals surface area contributed by atoms with E-state index in [9.17, 15) is 18.0 Å². The number of hydrogen-bond donors (Lipinski definition) is 1. The molecule has 0 bridgehead atoms. The fraction of sp³-hybridized carbons (Fsp3) is 0.375. The van der Waals surface area contributed by atoms with Crippen LogP contribution in [-0.2, 0) is 32.6 Å². The molecule has 3 aromatic carbocycles. The number of carbonyl (C=O) groups excluding carboxylic acids is 2. The topological polar surface area (TPSA) is 86.8 Å². The smallest absolute Gasteiger partial charge is 0.244 e. The molecule has 1 saturated carbocycles. The second-order valence-electron chi connectivity index (χ2n) is 10.8. The van der Waals surface area contributed by atoms with Crippen LogP contribution in [0.4, 0.5) is 5.69 Å². The highest BCUT2D eigenvalue weighted by Crippen LogP contribution is 2.23. The average Bonchev–Trinajstić information content (AvgIpc) is 2.95. The summed E-state index contributed by atoms with van der Waals surface area (Å²) in [5.74, 6) is -0.661. The molecule has 9 heteroatoms. The minimum Gasteiger partial charge on any atom is -0.352 e. The Morgan fingerprint density at radius 2 is 1.54 bits per heavy atom. The van der Waals surface area contributed by atoms with Crippen molar-refractivity contribution in [1.29, 1.82) is 0 Å². The molecule has 0 unspecified atom stereocenters. The fourth-order valence-corrected chi connectivity index (χ4v) is 6.32. The lowest BCUT2D eigenvalue weighted by molar-refractivity contribution is -0.140. The van der Waals surface area contributed by atoms with Gasteiger partial charge in [-0.25, -0.2) is 8.42 Å². The molecule has 41 heavy (non-hydrogen) atoms. The molecule has 1 N–H and O–H groups in total. The summed E-state index contributed by atoms with van der Waals surface area (Å²) in [5, 5.41) is 3.22. The lowest BCUT2D eigenvalue weighted by Gasteiger charge is -2.35. The first-order valence-corrected chi connectivity index (χ1v) is 16.7. The van der Waals surface area contributed by atoms with Crippen LogP contribution in [0.5, 0.6) is 0 Å². The number of aryl methyl sites for hydroxylation is 1. The summed E-state index contributed by atoms with van der Waals surface area (Å²) in [4.78, 5) is 29.7. The number of hydrogen-bond acceptors (Lipinski definition) is 4. The van der Waals surface area contributed by atoms with E-state index in [1.165, 1.54) is 0 Å². The predicted molar refractivity (Wildman–Crippen MR) is 167 cm³/mol. The number of nitrogens with one attached hydrogen (secondary N) is 1. The number of benzene rings is 3. The quantitative estimate of drug-likeness (QED) is 0.295. The summed E-state index contributed by atoms with van der Waals surface area (Å²) in [6.45, 7) is 1.66. The molecule has 0 radical (unpaired) electrons. The fourth-order valence-electron chi connectivity index (χ4n) is 5.21. The molecule has 1 atom stereocenters. The molecule has 0 saturated heterocycles. The Bertz CT molecular complexity index is 1410. The Labute approximate surface area is 252 Å². The largest absolute Gasteiger partial charge is 0.352 e. The summed E-state index contributed by atoms with van der Waals surface area (Å²) < 4.78 is 27.8. The van der Waals surface area contributed by atoms with E-state index in [1.54, 1.807) is 17.0 Å². The number of anilines is 1. The van der Waals surface area contributed by atoms with E-state index in [4.69, 9.17) is 0 Å². The number of halogens is 1. The number of rotatable bonds is 11. The molecule has 0 aliphatic heterocycles. The van der Waals surface area contributed by atoms with Gasteiger partial charge in [0.2, 0.25) is 21.8 Å². The van der Waals surface area contributed by atoms with Crippen molar-refractivity contribution in [2.45, 2.75) is 64.1 Å². The summed E-state index contributed by atoms with van der Waals surface area (Å²) in [6.07, 6.45) is 6.53. The Kier molecular flexibility index (Phi) is 10.6. The number of carbonyl (C=O) groups is 2. The number of nitrogens with zero attached hydrogens (tertiary/aromatic N) is 2. The SMILES string of the molecule is Cc1ccc(N(CC(=O)N(Cc2ccc(Br)cc2)[C@@H](Cc2ccccc2)C(=O)NC2CCCCC2)S(C)(=O)=O)cc1. The molecule has 3 aromatic rings. The van der Waals surface area contributed by atoms with E-state index in [-0.39, 0.29) is 18.5 Å². The van der Waals surface area contributed by atoms with Crippen LogP contribution in [0, 0.1) is 6.92 Å². The minimum absolute atomic E-state index is 0.0687. The van der Waals surface area contributed by atoms with Gasteiger partial charge in [-0.3, -0.25) is 13.9 Å². The number of sulfonamides is 1. The molecule has 1 fully saturated rings. The Balaban J connectivity index is 1.71. The van der Waals surface area contributed by atoms with Gasteiger partial charge in [0.25, 0.3) is 0 Å². The summed E-state index contributed by atoms with van der Waals surface area (Å²) >= 11 is 3.46. The summed E-state index contributed by atoms with van der Waals surface area (Å²) in [5.41, 5.74) is 3.14. The highest BCUT2D eigenvalue weighted by atomic mass is 79.9. The van der Waals surface area contributed by atoms with Crippen LogP contribution in [0.25, 0.3) is 0 Å². The third kappa shape index (κ3) is 8.91. The van der Waals surface area contributed by atoms with E-state index in [1.807, 2.05) is 73.7 Å². The maximum Gasteiger partial charge on any atom is 0.244 e. The molecule has 7 nitrogen and oxygen atoms in total. The van der Waals surface area contributed by atoms with E-state index in [0.29, 0.717) is 12.1 Å². The predicted octanol–water partition coefficient (Wildman–Crippen LogP) is 5.61. The van der Waals surface area contributed by atoms with Crippen molar-refractivity contribution in [3.63, 3.8) is 0 Å². The van der Waals surface area contributed by atoms with E-state index in [2.05, 4.69) is 21.2 Å². The monoisotopic (exact) mass is 639 g/mol. The zero-order valence-corrected chi connectivity index (χ0v) is 26.0. The van der Waals surface area contributed by atoms with Crippen molar-refractivity contribution < 1.29 is 18.0 Å². The standard InChI is InChI=1S/C32H38BrN3O4S/c1-24-13-19-29(20-14-24)36(41(2,39)40)23-31(37)35(22-26-15-17-27(33)18-16-26)30(21-25-9-5-3-6-10-25)32(38)34-28-11-7-4-8-12-28/h3,5-6,9-10,13-20,28,30H,4,7-8,11-12,21-23H2,1-2H3,(H,34,38)/t30-/m0/s1. The molecule has 0 heterocycles. The lowest BCUT2D eigenvalue weighted by atomic mass is 9.94. The maximum atomic E-state index is 14.2. The lowest BCUT2D eigenvalue weighted by Crippen LogP contribution is -2.55. The van der Waals surface area contributed by atoms with Gasteiger partial charge in [0, 0.05) is 23.5 Å². The molecule has 1 aliphatic carbocycles. The second-order valence-corrected chi connectivity index (χ2v) is 13.6. The first kappa shape index (κ1) is 30.8. The zero-order chi connectivity index (χ0) is 29.4.